The lowest BCUT2D eigenvalue weighted by atomic mass is 10.1. The molecule has 1 aromatic rings. The fourth-order valence-electron chi connectivity index (χ4n) is 2.02. The number of alkyl halides is 18. The van der Waals surface area contributed by atoms with Crippen molar-refractivity contribution in [1.29, 1.82) is 10.5 Å². The molecule has 0 atom stereocenters. The number of hydrogen-bond donors (Lipinski definition) is 1. The highest BCUT2D eigenvalue weighted by Crippen LogP contribution is 2.56. The largest absolute Gasteiger partial charge is 0.460 e. The van der Waals surface area contributed by atoms with Gasteiger partial charge in [-0.1, -0.05) is 6.07 Å². The maximum atomic E-state index is 13.5. The normalized spacial score (nSPS) is 14.6. The first-order valence-corrected chi connectivity index (χ1v) is 12.1. The van der Waals surface area contributed by atoms with E-state index in [-0.39, 0.29) is 0 Å². The molecule has 1 aromatic carbocycles. The Bertz CT molecular complexity index is 1540. The van der Waals surface area contributed by atoms with Crippen molar-refractivity contribution in [2.45, 2.75) is 46.6 Å². The summed E-state index contributed by atoms with van der Waals surface area (Å²) in [6, 6.07) is 4.39. The standard InChI is InChI=1S/C12H3F9N2O3S.C4HF9O3S/c13-9(14,11(17,18)19)10(15,16)12(20,21)27(24,25)26-8-3-1-2-6(4-22)7(8)5-23;5-1(6,3(9,10)11)2(7,8)4(12,13)17(14,15)16/h1-3H;(H,14,15,16). The van der Waals surface area contributed by atoms with Gasteiger partial charge >= 0.3 is 66.8 Å². The van der Waals surface area contributed by atoms with E-state index in [1.165, 1.54) is 6.07 Å². The van der Waals surface area contributed by atoms with Crippen molar-refractivity contribution in [2.75, 3.05) is 0 Å². The SMILES string of the molecule is N#Cc1cccc(OS(=O)(=O)C(F)(F)C(F)(F)C(F)(F)C(F)(F)F)c1C#N.O=S(=O)(O)C(F)(F)C(F)(F)C(F)(F)C(F)(F)F. The molecule has 0 spiro atoms. The predicted molar refractivity (Wildman–Crippen MR) is 98.8 cm³/mol. The summed E-state index contributed by atoms with van der Waals surface area (Å²) in [5, 5.41) is 3.33. The molecule has 1 N–H and O–H groups in total. The van der Waals surface area contributed by atoms with Crippen molar-refractivity contribution in [2.24, 2.45) is 0 Å². The molecule has 0 fully saturated rings. The Morgan fingerprint density at radius 1 is 0.591 bits per heavy atom. The van der Waals surface area contributed by atoms with Crippen LogP contribution in [0.15, 0.2) is 18.2 Å². The van der Waals surface area contributed by atoms with E-state index in [9.17, 15) is 95.9 Å². The summed E-state index contributed by atoms with van der Waals surface area (Å²) in [6.07, 6.45) is -14.4. The molecule has 44 heavy (non-hydrogen) atoms. The molecule has 0 heterocycles. The van der Waals surface area contributed by atoms with E-state index in [2.05, 4.69) is 4.18 Å². The Balaban J connectivity index is 0.000000938. The Morgan fingerprint density at radius 2 is 0.955 bits per heavy atom. The highest BCUT2D eigenvalue weighted by molar-refractivity contribution is 7.88. The number of rotatable bonds is 8. The predicted octanol–water partition coefficient (Wildman–Crippen LogP) is 5.86. The van der Waals surface area contributed by atoms with Gasteiger partial charge in [0.1, 0.15) is 17.7 Å². The van der Waals surface area contributed by atoms with Gasteiger partial charge in [0, 0.05) is 0 Å². The molecule has 252 valence electrons. The van der Waals surface area contributed by atoms with Crippen molar-refractivity contribution < 1.29 is 105 Å². The maximum Gasteiger partial charge on any atom is 0.460 e. The Hall–Kier alpha value is -3.40. The van der Waals surface area contributed by atoms with Gasteiger partial charge < -0.3 is 4.18 Å². The van der Waals surface area contributed by atoms with Gasteiger partial charge in [-0.3, -0.25) is 4.55 Å². The highest BCUT2D eigenvalue weighted by atomic mass is 32.2. The zero-order chi connectivity index (χ0) is 36.0. The smallest absolute Gasteiger partial charge is 0.377 e. The van der Waals surface area contributed by atoms with Crippen molar-refractivity contribution in [3.05, 3.63) is 29.3 Å². The van der Waals surface area contributed by atoms with Crippen LogP contribution in [-0.4, -0.2) is 67.9 Å². The van der Waals surface area contributed by atoms with E-state index in [4.69, 9.17) is 15.1 Å². The first-order valence-electron chi connectivity index (χ1n) is 9.22. The fraction of sp³-hybridized carbons (Fsp3) is 0.500. The van der Waals surface area contributed by atoms with E-state index in [1.54, 1.807) is 0 Å². The molecule has 0 aliphatic carbocycles. The summed E-state index contributed by atoms with van der Waals surface area (Å²) in [5.41, 5.74) is -1.74. The quantitative estimate of drug-likeness (QED) is 0.199. The molecule has 0 aliphatic rings. The number of nitrogens with zero attached hydrogens (tertiary/aromatic N) is 2. The minimum Gasteiger partial charge on any atom is -0.377 e. The first kappa shape index (κ1) is 40.6. The Kier molecular flexibility index (Phi) is 10.6. The van der Waals surface area contributed by atoms with Crippen molar-refractivity contribution in [3.8, 4) is 17.9 Å². The molecule has 8 nitrogen and oxygen atoms in total. The first-order chi connectivity index (χ1) is 19.0. The van der Waals surface area contributed by atoms with Crippen LogP contribution in [0.3, 0.4) is 0 Å². The average molecular weight is 726 g/mol. The molecule has 1 rings (SSSR count). The van der Waals surface area contributed by atoms with Gasteiger partial charge in [0.05, 0.1) is 5.56 Å². The zero-order valence-electron chi connectivity index (χ0n) is 19.2. The van der Waals surface area contributed by atoms with Gasteiger partial charge in [-0.25, -0.2) is 0 Å². The summed E-state index contributed by atoms with van der Waals surface area (Å²) in [6.45, 7) is 0. The second kappa shape index (κ2) is 11.5. The third-order valence-corrected chi connectivity index (χ3v) is 6.52. The number of nitriles is 2. The van der Waals surface area contributed by atoms with E-state index < -0.39 is 83.7 Å². The number of hydrogen-bond acceptors (Lipinski definition) is 7. The molecule has 0 radical (unpaired) electrons. The summed E-state index contributed by atoms with van der Waals surface area (Å²) in [4.78, 5) is 0. The lowest BCUT2D eigenvalue weighted by molar-refractivity contribution is -0.382. The minimum atomic E-state index is -7.48. The lowest BCUT2D eigenvalue weighted by Crippen LogP contribution is -2.63. The van der Waals surface area contributed by atoms with Crippen LogP contribution < -0.4 is 4.18 Å². The van der Waals surface area contributed by atoms with Crippen molar-refractivity contribution >= 4 is 20.2 Å². The van der Waals surface area contributed by atoms with Gasteiger partial charge in [-0.05, 0) is 12.1 Å². The second-order valence-corrected chi connectivity index (χ2v) is 10.3. The van der Waals surface area contributed by atoms with E-state index in [0.29, 0.717) is 6.07 Å². The van der Waals surface area contributed by atoms with Crippen LogP contribution >= 0.6 is 0 Å². The molecular formula is C16H4F18N2O6S2. The second-order valence-electron chi connectivity index (χ2n) is 7.24. The highest BCUT2D eigenvalue weighted by Gasteiger charge is 2.87. The summed E-state index contributed by atoms with van der Waals surface area (Å²) < 4.78 is 275. The van der Waals surface area contributed by atoms with Crippen LogP contribution in [0.5, 0.6) is 5.75 Å². The van der Waals surface area contributed by atoms with Crippen molar-refractivity contribution in [1.82, 2.24) is 0 Å². The fourth-order valence-corrected chi connectivity index (χ4v) is 3.39. The van der Waals surface area contributed by atoms with Gasteiger partial charge in [0.15, 0.2) is 5.75 Å². The number of halogens is 18. The Morgan fingerprint density at radius 3 is 1.25 bits per heavy atom. The van der Waals surface area contributed by atoms with Gasteiger partial charge in [-0.2, -0.15) is 106 Å². The van der Waals surface area contributed by atoms with Crippen LogP contribution in [0.25, 0.3) is 0 Å². The molecule has 28 heteroatoms. The monoisotopic (exact) mass is 726 g/mol. The summed E-state index contributed by atoms with van der Waals surface area (Å²) in [5.74, 6) is -31.1. The van der Waals surface area contributed by atoms with Gasteiger partial charge in [0.2, 0.25) is 0 Å². The average Bonchev–Trinajstić information content (AvgIpc) is 2.81. The van der Waals surface area contributed by atoms with Gasteiger partial charge in [-0.15, -0.1) is 0 Å². The molecule has 0 saturated heterocycles. The maximum absolute atomic E-state index is 13.5. The van der Waals surface area contributed by atoms with Crippen molar-refractivity contribution in [3.63, 3.8) is 0 Å². The molecule has 0 bridgehead atoms. The Labute approximate surface area is 229 Å². The summed E-state index contributed by atoms with van der Waals surface area (Å²) in [7, 11) is -14.4. The molecule has 0 saturated carbocycles. The van der Waals surface area contributed by atoms with Crippen LogP contribution in [0.2, 0.25) is 0 Å². The van der Waals surface area contributed by atoms with Crippen LogP contribution in [0.1, 0.15) is 11.1 Å². The zero-order valence-corrected chi connectivity index (χ0v) is 20.9. The molecule has 0 amide bonds. The minimum absolute atomic E-state index is 0.410. The summed E-state index contributed by atoms with van der Waals surface area (Å²) >= 11 is 0. The molecular weight excluding hydrogens is 722 g/mol. The van der Waals surface area contributed by atoms with Crippen LogP contribution in [0.4, 0.5) is 79.0 Å². The van der Waals surface area contributed by atoms with Crippen LogP contribution in [0, 0.1) is 22.7 Å². The lowest BCUT2D eigenvalue weighted by Gasteiger charge is -2.32. The third-order valence-electron chi connectivity index (χ3n) is 4.33. The number of benzene rings is 1. The molecule has 0 aromatic heterocycles. The van der Waals surface area contributed by atoms with E-state index >= 15 is 0 Å². The molecule has 0 unspecified atom stereocenters. The van der Waals surface area contributed by atoms with Gasteiger partial charge in [0.25, 0.3) is 0 Å². The molecule has 0 aliphatic heterocycles. The van der Waals surface area contributed by atoms with E-state index in [1.807, 2.05) is 0 Å². The van der Waals surface area contributed by atoms with Crippen LogP contribution in [-0.2, 0) is 20.2 Å². The topological polar surface area (TPSA) is 145 Å². The third kappa shape index (κ3) is 6.50. The van der Waals surface area contributed by atoms with E-state index in [0.717, 1.165) is 18.2 Å².